The molecule has 4 heteroatoms. The largest absolute Gasteiger partial charge is 0.447 e. The van der Waals surface area contributed by atoms with Crippen molar-refractivity contribution in [2.75, 3.05) is 0 Å². The second kappa shape index (κ2) is 5.43. The number of rotatable bonds is 3. The zero-order chi connectivity index (χ0) is 13.1. The van der Waals surface area contributed by atoms with E-state index in [2.05, 4.69) is 5.92 Å². The van der Waals surface area contributed by atoms with Gasteiger partial charge in [-0.2, -0.15) is 0 Å². The van der Waals surface area contributed by atoms with Crippen LogP contribution < -0.4 is 4.74 Å². The molecule has 0 amide bonds. The highest BCUT2D eigenvalue weighted by Crippen LogP contribution is 2.36. The van der Waals surface area contributed by atoms with Gasteiger partial charge in [-0.3, -0.25) is 0 Å². The maximum Gasteiger partial charge on any atom is 0.182 e. The van der Waals surface area contributed by atoms with Crippen molar-refractivity contribution in [3.8, 4) is 23.2 Å². The maximum atomic E-state index is 13.4. The van der Waals surface area contributed by atoms with E-state index in [1.807, 2.05) is 0 Å². The van der Waals surface area contributed by atoms with Crippen molar-refractivity contribution in [3.63, 3.8) is 0 Å². The molecule has 0 saturated heterocycles. The van der Waals surface area contributed by atoms with Gasteiger partial charge in [0.25, 0.3) is 0 Å². The summed E-state index contributed by atoms with van der Waals surface area (Å²) in [5, 5.41) is 1.19. The van der Waals surface area contributed by atoms with Crippen LogP contribution in [0.15, 0.2) is 24.3 Å². The smallest absolute Gasteiger partial charge is 0.182 e. The van der Waals surface area contributed by atoms with E-state index in [0.717, 1.165) is 4.88 Å². The first-order chi connectivity index (χ1) is 8.60. The summed E-state index contributed by atoms with van der Waals surface area (Å²) in [6, 6.07) is 6.43. The van der Waals surface area contributed by atoms with Crippen LogP contribution in [0.3, 0.4) is 0 Å². The van der Waals surface area contributed by atoms with Gasteiger partial charge in [0.2, 0.25) is 0 Å². The lowest BCUT2D eigenvalue weighted by Gasteiger charge is -2.03. The van der Waals surface area contributed by atoms with Crippen molar-refractivity contribution in [1.82, 2.24) is 0 Å². The molecule has 0 bridgehead atoms. The molecule has 0 aliphatic heterocycles. The second-order valence-corrected chi connectivity index (χ2v) is 5.24. The van der Waals surface area contributed by atoms with Crippen molar-refractivity contribution in [3.05, 3.63) is 45.5 Å². The predicted octanol–water partition coefficient (Wildman–Crippen LogP) is 4.82. The third-order valence-corrected chi connectivity index (χ3v) is 3.82. The summed E-state index contributed by atoms with van der Waals surface area (Å²) < 4.78 is 18.9. The lowest BCUT2D eigenvalue weighted by Crippen LogP contribution is -1.85. The monoisotopic (exact) mass is 280 g/mol. The minimum Gasteiger partial charge on any atom is -0.447 e. The first kappa shape index (κ1) is 12.9. The van der Waals surface area contributed by atoms with Gasteiger partial charge in [0.05, 0.1) is 5.02 Å². The maximum absolute atomic E-state index is 13.4. The molecule has 2 rings (SSSR count). The zero-order valence-corrected chi connectivity index (χ0v) is 11.2. The summed E-state index contributed by atoms with van der Waals surface area (Å²) in [6.45, 7) is 1.70. The Morgan fingerprint density at radius 1 is 1.44 bits per heavy atom. The van der Waals surface area contributed by atoms with Gasteiger partial charge in [-0.1, -0.05) is 17.7 Å². The number of halogens is 2. The molecule has 0 radical (unpaired) electrons. The molecule has 18 heavy (non-hydrogen) atoms. The number of terminal acetylenes is 1. The molecule has 0 fully saturated rings. The Bertz CT molecular complexity index is 613. The summed E-state index contributed by atoms with van der Waals surface area (Å²) in [6.07, 6.45) is 5.70. The molecular weight excluding hydrogens is 271 g/mol. The standard InChI is InChI=1S/C14H10ClFOS/c1-3-4-13-11(15)8-14(18-13)17-10-6-5-9(2)12(16)7-10/h1,5-8H,4H2,2H3. The molecule has 0 atom stereocenters. The van der Waals surface area contributed by atoms with Crippen LogP contribution in [0.5, 0.6) is 10.8 Å². The Morgan fingerprint density at radius 3 is 2.89 bits per heavy atom. The average molecular weight is 281 g/mol. The molecule has 0 aliphatic carbocycles. The number of hydrogen-bond donors (Lipinski definition) is 0. The van der Waals surface area contributed by atoms with Gasteiger partial charge in [0.1, 0.15) is 11.6 Å². The lowest BCUT2D eigenvalue weighted by atomic mass is 10.2. The highest BCUT2D eigenvalue weighted by Gasteiger charge is 2.09. The van der Waals surface area contributed by atoms with Crippen LogP contribution in [0.4, 0.5) is 4.39 Å². The molecule has 1 aromatic carbocycles. The molecule has 2 aromatic rings. The van der Waals surface area contributed by atoms with E-state index in [9.17, 15) is 4.39 Å². The van der Waals surface area contributed by atoms with Gasteiger partial charge in [-0.15, -0.1) is 23.7 Å². The first-order valence-electron chi connectivity index (χ1n) is 5.26. The van der Waals surface area contributed by atoms with Crippen LogP contribution >= 0.6 is 22.9 Å². The first-order valence-corrected chi connectivity index (χ1v) is 6.45. The molecule has 92 valence electrons. The van der Waals surface area contributed by atoms with Gasteiger partial charge < -0.3 is 4.74 Å². The number of benzene rings is 1. The fourth-order valence-corrected chi connectivity index (χ4v) is 2.62. The van der Waals surface area contributed by atoms with E-state index in [1.54, 1.807) is 25.1 Å². The predicted molar refractivity (Wildman–Crippen MR) is 73.1 cm³/mol. The topological polar surface area (TPSA) is 9.23 Å². The van der Waals surface area contributed by atoms with Gasteiger partial charge in [0, 0.05) is 23.4 Å². The average Bonchev–Trinajstić information content (AvgIpc) is 2.65. The van der Waals surface area contributed by atoms with Crippen molar-refractivity contribution >= 4 is 22.9 Å². The summed E-state index contributed by atoms with van der Waals surface area (Å²) in [5.74, 6) is 2.68. The van der Waals surface area contributed by atoms with E-state index in [1.165, 1.54) is 17.4 Å². The van der Waals surface area contributed by atoms with Crippen LogP contribution in [0, 0.1) is 25.1 Å². The Labute approximate surface area is 114 Å². The zero-order valence-electron chi connectivity index (χ0n) is 9.67. The van der Waals surface area contributed by atoms with Crippen LogP contribution in [-0.4, -0.2) is 0 Å². The van der Waals surface area contributed by atoms with E-state index < -0.39 is 0 Å². The highest BCUT2D eigenvalue weighted by molar-refractivity contribution is 7.14. The second-order valence-electron chi connectivity index (χ2n) is 3.73. The Balaban J connectivity index is 2.21. The number of thiophene rings is 1. The summed E-state index contributed by atoms with van der Waals surface area (Å²) in [5.41, 5.74) is 0.583. The molecule has 1 nitrogen and oxygen atoms in total. The van der Waals surface area contributed by atoms with E-state index in [-0.39, 0.29) is 5.82 Å². The van der Waals surface area contributed by atoms with Crippen LogP contribution in [0.25, 0.3) is 0 Å². The third-order valence-electron chi connectivity index (χ3n) is 2.36. The van der Waals surface area contributed by atoms with Crippen molar-refractivity contribution in [2.45, 2.75) is 13.3 Å². The summed E-state index contributed by atoms with van der Waals surface area (Å²) >= 11 is 7.38. The minimum atomic E-state index is -0.293. The quantitative estimate of drug-likeness (QED) is 0.733. The van der Waals surface area contributed by atoms with Gasteiger partial charge in [-0.05, 0) is 18.6 Å². The number of hydrogen-bond acceptors (Lipinski definition) is 2. The SMILES string of the molecule is C#CCc1sc(Oc2ccc(C)c(F)c2)cc1Cl. The molecule has 1 heterocycles. The fourth-order valence-electron chi connectivity index (χ4n) is 1.40. The lowest BCUT2D eigenvalue weighted by molar-refractivity contribution is 0.489. The normalized spacial score (nSPS) is 10.1. The highest BCUT2D eigenvalue weighted by atomic mass is 35.5. The molecule has 0 N–H and O–H groups in total. The summed E-state index contributed by atoms with van der Waals surface area (Å²) in [4.78, 5) is 0.877. The fraction of sp³-hybridized carbons (Fsp3) is 0.143. The molecular formula is C14H10ClFOS. The van der Waals surface area contributed by atoms with Gasteiger partial charge in [0.15, 0.2) is 5.06 Å². The molecule has 0 unspecified atom stereocenters. The summed E-state index contributed by atoms with van der Waals surface area (Å²) in [7, 11) is 0. The van der Waals surface area contributed by atoms with E-state index in [0.29, 0.717) is 27.8 Å². The van der Waals surface area contributed by atoms with Crippen molar-refractivity contribution in [1.29, 1.82) is 0 Å². The van der Waals surface area contributed by atoms with Gasteiger partial charge in [-0.25, -0.2) is 4.39 Å². The Hall–Kier alpha value is -1.50. The molecule has 0 spiro atoms. The van der Waals surface area contributed by atoms with E-state index >= 15 is 0 Å². The molecule has 0 saturated carbocycles. The molecule has 1 aromatic heterocycles. The van der Waals surface area contributed by atoms with Crippen molar-refractivity contribution in [2.24, 2.45) is 0 Å². The van der Waals surface area contributed by atoms with Crippen LogP contribution in [0.2, 0.25) is 5.02 Å². The van der Waals surface area contributed by atoms with Crippen LogP contribution in [0.1, 0.15) is 10.4 Å². The van der Waals surface area contributed by atoms with Crippen molar-refractivity contribution < 1.29 is 9.13 Å². The number of ether oxygens (including phenoxy) is 1. The minimum absolute atomic E-state index is 0.293. The van der Waals surface area contributed by atoms with E-state index in [4.69, 9.17) is 22.8 Å². The third kappa shape index (κ3) is 2.84. The number of aryl methyl sites for hydroxylation is 1. The molecule has 0 aliphatic rings. The Morgan fingerprint density at radius 2 is 2.22 bits per heavy atom. The van der Waals surface area contributed by atoms with Gasteiger partial charge >= 0.3 is 0 Å². The van der Waals surface area contributed by atoms with Crippen LogP contribution in [-0.2, 0) is 6.42 Å². The Kier molecular flexibility index (Phi) is 3.90.